The summed E-state index contributed by atoms with van der Waals surface area (Å²) in [6, 6.07) is 17.8. The van der Waals surface area contributed by atoms with Gasteiger partial charge in [0.05, 0.1) is 5.69 Å². The van der Waals surface area contributed by atoms with E-state index in [-0.39, 0.29) is 12.1 Å². The second-order valence-electron chi connectivity index (χ2n) is 7.21. The molecule has 0 saturated heterocycles. The van der Waals surface area contributed by atoms with Crippen LogP contribution in [0.4, 0.5) is 27.4 Å². The summed E-state index contributed by atoms with van der Waals surface area (Å²) in [6.45, 7) is 3.92. The van der Waals surface area contributed by atoms with Crippen molar-refractivity contribution in [1.29, 1.82) is 0 Å². The molecule has 3 atom stereocenters. The summed E-state index contributed by atoms with van der Waals surface area (Å²) in [4.78, 5) is 13.5. The SMILES string of the molecule is CCC1(F)c2ccccc2N2c3nccnc3N(c3ccccc3)C2C1C. The molecule has 0 fully saturated rings. The Balaban J connectivity index is 1.80. The molecule has 27 heavy (non-hydrogen) atoms. The third-order valence-electron chi connectivity index (χ3n) is 5.97. The van der Waals surface area contributed by atoms with Gasteiger partial charge in [0.1, 0.15) is 11.8 Å². The van der Waals surface area contributed by atoms with Gasteiger partial charge in [-0.3, -0.25) is 0 Å². The number of halogens is 1. The number of benzene rings is 2. The van der Waals surface area contributed by atoms with Gasteiger partial charge in [0, 0.05) is 29.6 Å². The van der Waals surface area contributed by atoms with Crippen molar-refractivity contribution in [3.8, 4) is 0 Å². The Hall–Kier alpha value is -2.95. The van der Waals surface area contributed by atoms with Crippen molar-refractivity contribution < 1.29 is 4.39 Å². The molecule has 1 aromatic heterocycles. The van der Waals surface area contributed by atoms with Crippen LogP contribution in [0.25, 0.3) is 0 Å². The minimum atomic E-state index is -1.41. The summed E-state index contributed by atoms with van der Waals surface area (Å²) in [5, 5.41) is 0. The molecule has 0 radical (unpaired) electrons. The van der Waals surface area contributed by atoms with Gasteiger partial charge < -0.3 is 9.80 Å². The molecule has 2 aliphatic rings. The smallest absolute Gasteiger partial charge is 0.178 e. The van der Waals surface area contributed by atoms with E-state index in [2.05, 4.69) is 19.8 Å². The fourth-order valence-corrected chi connectivity index (χ4v) is 4.63. The number of alkyl halides is 1. The first kappa shape index (κ1) is 16.2. The summed E-state index contributed by atoms with van der Waals surface area (Å²) >= 11 is 0. The van der Waals surface area contributed by atoms with E-state index in [1.54, 1.807) is 12.4 Å². The Bertz CT molecular complexity index is 992. The predicted molar refractivity (Wildman–Crippen MR) is 105 cm³/mol. The van der Waals surface area contributed by atoms with Gasteiger partial charge in [-0.1, -0.05) is 50.2 Å². The minimum Gasteiger partial charge on any atom is -0.301 e. The van der Waals surface area contributed by atoms with Crippen LogP contribution >= 0.6 is 0 Å². The van der Waals surface area contributed by atoms with Crippen LogP contribution in [0.15, 0.2) is 67.0 Å². The molecule has 0 aliphatic carbocycles. The zero-order valence-electron chi connectivity index (χ0n) is 15.4. The molecule has 0 amide bonds. The Kier molecular flexibility index (Phi) is 3.47. The monoisotopic (exact) mass is 360 g/mol. The van der Waals surface area contributed by atoms with E-state index in [0.29, 0.717) is 6.42 Å². The molecule has 3 aromatic rings. The zero-order valence-corrected chi connectivity index (χ0v) is 15.4. The number of nitrogens with zero attached hydrogens (tertiary/aromatic N) is 4. The largest absolute Gasteiger partial charge is 0.301 e. The molecule has 5 rings (SSSR count). The maximum absolute atomic E-state index is 16.3. The molecule has 3 heterocycles. The number of para-hydroxylation sites is 2. The quantitative estimate of drug-likeness (QED) is 0.619. The van der Waals surface area contributed by atoms with E-state index in [1.807, 2.05) is 68.4 Å². The van der Waals surface area contributed by atoms with Gasteiger partial charge in [-0.25, -0.2) is 14.4 Å². The van der Waals surface area contributed by atoms with Gasteiger partial charge in [0.25, 0.3) is 0 Å². The molecule has 0 N–H and O–H groups in total. The van der Waals surface area contributed by atoms with Crippen LogP contribution in [0.1, 0.15) is 25.8 Å². The summed E-state index contributed by atoms with van der Waals surface area (Å²) in [5.74, 6) is 1.29. The first-order valence-corrected chi connectivity index (χ1v) is 9.39. The second-order valence-corrected chi connectivity index (χ2v) is 7.21. The van der Waals surface area contributed by atoms with Gasteiger partial charge in [0.2, 0.25) is 0 Å². The lowest BCUT2D eigenvalue weighted by atomic mass is 9.75. The van der Waals surface area contributed by atoms with Crippen LogP contribution < -0.4 is 9.80 Å². The Labute approximate surface area is 158 Å². The first-order valence-electron chi connectivity index (χ1n) is 9.39. The molecule has 136 valence electrons. The third kappa shape index (κ3) is 2.08. The molecular weight excluding hydrogens is 339 g/mol. The second kappa shape index (κ2) is 5.78. The van der Waals surface area contributed by atoms with E-state index in [1.165, 1.54) is 0 Å². The first-order chi connectivity index (χ1) is 13.2. The standard InChI is InChI=1S/C22H21FN4/c1-3-22(23)15(2)21-26(16-9-5-4-6-10-16)19-20(25-14-13-24-19)27(21)18-12-8-7-11-17(18)22/h4-15,21H,3H2,1-2H3. The van der Waals surface area contributed by atoms with Crippen molar-refractivity contribution in [2.24, 2.45) is 5.92 Å². The zero-order chi connectivity index (χ0) is 18.6. The molecule has 2 aliphatic heterocycles. The highest BCUT2D eigenvalue weighted by atomic mass is 19.1. The fraction of sp³-hybridized carbons (Fsp3) is 0.273. The van der Waals surface area contributed by atoms with Gasteiger partial charge in [-0.2, -0.15) is 0 Å². The lowest BCUT2D eigenvalue weighted by Gasteiger charge is -2.48. The average molecular weight is 360 g/mol. The molecule has 3 unspecified atom stereocenters. The predicted octanol–water partition coefficient (Wildman–Crippen LogP) is 5.32. The molecule has 2 aromatic carbocycles. The van der Waals surface area contributed by atoms with Crippen LogP contribution in [0.3, 0.4) is 0 Å². The van der Waals surface area contributed by atoms with E-state index >= 15 is 4.39 Å². The normalized spacial score (nSPS) is 25.7. The number of aromatic nitrogens is 2. The number of anilines is 4. The summed E-state index contributed by atoms with van der Waals surface area (Å²) in [6.07, 6.45) is 3.61. The lowest BCUT2D eigenvalue weighted by Crippen LogP contribution is -2.54. The Morgan fingerprint density at radius 1 is 0.926 bits per heavy atom. The third-order valence-corrected chi connectivity index (χ3v) is 5.97. The molecular formula is C22H21FN4. The molecule has 0 saturated carbocycles. The van der Waals surface area contributed by atoms with Crippen molar-refractivity contribution in [3.05, 3.63) is 72.6 Å². The van der Waals surface area contributed by atoms with E-state index in [4.69, 9.17) is 0 Å². The maximum Gasteiger partial charge on any atom is 0.178 e. The number of rotatable bonds is 2. The number of hydrogen-bond donors (Lipinski definition) is 0. The van der Waals surface area contributed by atoms with E-state index in [0.717, 1.165) is 28.6 Å². The van der Waals surface area contributed by atoms with Crippen molar-refractivity contribution in [3.63, 3.8) is 0 Å². The highest BCUT2D eigenvalue weighted by Crippen LogP contribution is 2.57. The summed E-state index contributed by atoms with van der Waals surface area (Å²) < 4.78 is 16.3. The Morgan fingerprint density at radius 2 is 1.56 bits per heavy atom. The minimum absolute atomic E-state index is 0.218. The van der Waals surface area contributed by atoms with Crippen LogP contribution in [0, 0.1) is 5.92 Å². The molecule has 5 heteroatoms. The lowest BCUT2D eigenvalue weighted by molar-refractivity contribution is 0.0619. The van der Waals surface area contributed by atoms with Crippen molar-refractivity contribution >= 4 is 23.0 Å². The van der Waals surface area contributed by atoms with Crippen LogP contribution in [0.2, 0.25) is 0 Å². The summed E-state index contributed by atoms with van der Waals surface area (Å²) in [5.41, 5.74) is 1.21. The fourth-order valence-electron chi connectivity index (χ4n) is 4.63. The highest BCUT2D eigenvalue weighted by Gasteiger charge is 2.55. The van der Waals surface area contributed by atoms with Crippen LogP contribution in [0.5, 0.6) is 0 Å². The van der Waals surface area contributed by atoms with Crippen molar-refractivity contribution in [1.82, 2.24) is 9.97 Å². The van der Waals surface area contributed by atoms with Crippen molar-refractivity contribution in [2.45, 2.75) is 32.1 Å². The van der Waals surface area contributed by atoms with Crippen molar-refractivity contribution in [2.75, 3.05) is 9.80 Å². The molecule has 0 spiro atoms. The van der Waals surface area contributed by atoms with Gasteiger partial charge in [-0.15, -0.1) is 0 Å². The van der Waals surface area contributed by atoms with Gasteiger partial charge >= 0.3 is 0 Å². The van der Waals surface area contributed by atoms with Gasteiger partial charge in [-0.05, 0) is 24.6 Å². The van der Waals surface area contributed by atoms with E-state index in [9.17, 15) is 0 Å². The van der Waals surface area contributed by atoms with Gasteiger partial charge in [0.15, 0.2) is 11.6 Å². The number of fused-ring (bicyclic) bond motifs is 5. The topological polar surface area (TPSA) is 32.3 Å². The van der Waals surface area contributed by atoms with Crippen LogP contribution in [-0.2, 0) is 5.67 Å². The average Bonchev–Trinajstić information content (AvgIpc) is 3.08. The van der Waals surface area contributed by atoms with Crippen LogP contribution in [-0.4, -0.2) is 16.1 Å². The molecule has 0 bridgehead atoms. The Morgan fingerprint density at radius 3 is 2.26 bits per heavy atom. The number of hydrogen-bond acceptors (Lipinski definition) is 4. The maximum atomic E-state index is 16.3. The summed E-state index contributed by atoms with van der Waals surface area (Å²) in [7, 11) is 0. The molecule has 4 nitrogen and oxygen atoms in total. The van der Waals surface area contributed by atoms with E-state index < -0.39 is 5.67 Å². The highest BCUT2D eigenvalue weighted by molar-refractivity contribution is 5.85.